The van der Waals surface area contributed by atoms with Crippen molar-refractivity contribution in [1.82, 2.24) is 4.98 Å². The number of hydrogen-bond donors (Lipinski definition) is 2. The van der Waals surface area contributed by atoms with Crippen LogP contribution < -0.4 is 4.72 Å². The van der Waals surface area contributed by atoms with Crippen molar-refractivity contribution in [2.24, 2.45) is 0 Å². The van der Waals surface area contributed by atoms with Crippen LogP contribution in [-0.4, -0.2) is 18.5 Å². The van der Waals surface area contributed by atoms with Gasteiger partial charge in [-0.25, -0.2) is 13.4 Å². The minimum atomic E-state index is -3.87. The molecule has 5 nitrogen and oxygen atoms in total. The molecule has 0 aliphatic carbocycles. The van der Waals surface area contributed by atoms with Gasteiger partial charge in [-0.2, -0.15) is 0 Å². The molecule has 94 valence electrons. The highest BCUT2D eigenvalue weighted by Gasteiger charge is 2.19. The first kappa shape index (κ1) is 12.7. The van der Waals surface area contributed by atoms with Crippen molar-refractivity contribution in [3.63, 3.8) is 0 Å². The molecule has 0 atom stereocenters. The van der Waals surface area contributed by atoms with Crippen LogP contribution in [0.1, 0.15) is 0 Å². The van der Waals surface area contributed by atoms with E-state index in [2.05, 4.69) is 9.71 Å². The number of pyridine rings is 1. The molecule has 1 aromatic heterocycles. The smallest absolute Gasteiger partial charge is 0.264 e. The Labute approximate surface area is 109 Å². The van der Waals surface area contributed by atoms with Gasteiger partial charge in [0, 0.05) is 6.20 Å². The molecule has 2 N–H and O–H groups in total. The van der Waals surface area contributed by atoms with Gasteiger partial charge in [-0.3, -0.25) is 4.72 Å². The number of aromatic nitrogens is 1. The van der Waals surface area contributed by atoms with Gasteiger partial charge in [-0.05, 0) is 24.3 Å². The first-order valence-electron chi connectivity index (χ1n) is 4.92. The molecule has 0 fully saturated rings. The van der Waals surface area contributed by atoms with Crippen LogP contribution in [0.5, 0.6) is 5.75 Å². The summed E-state index contributed by atoms with van der Waals surface area (Å²) in [5, 5.41) is 9.57. The molecular weight excluding hydrogens is 276 g/mol. The SMILES string of the molecule is O=S(=O)(Nc1ncccc1O)c1ccccc1Cl. The average Bonchev–Trinajstić information content (AvgIpc) is 2.32. The minimum absolute atomic E-state index is 0.0725. The Hall–Kier alpha value is -1.79. The lowest BCUT2D eigenvalue weighted by molar-refractivity contribution is 0.475. The van der Waals surface area contributed by atoms with E-state index in [4.69, 9.17) is 11.6 Å². The fraction of sp³-hybridized carbons (Fsp3) is 0. The molecule has 0 radical (unpaired) electrons. The van der Waals surface area contributed by atoms with Gasteiger partial charge in [0.1, 0.15) is 4.90 Å². The van der Waals surface area contributed by atoms with Crippen molar-refractivity contribution in [3.8, 4) is 5.75 Å². The number of halogens is 1. The normalized spacial score (nSPS) is 11.2. The van der Waals surface area contributed by atoms with E-state index in [1.54, 1.807) is 12.1 Å². The van der Waals surface area contributed by atoms with E-state index in [-0.39, 0.29) is 21.5 Å². The molecule has 18 heavy (non-hydrogen) atoms. The minimum Gasteiger partial charge on any atom is -0.504 e. The molecule has 0 saturated heterocycles. The molecule has 0 amide bonds. The van der Waals surface area contributed by atoms with E-state index in [0.29, 0.717) is 0 Å². The number of hydrogen-bond acceptors (Lipinski definition) is 4. The number of benzene rings is 1. The van der Waals surface area contributed by atoms with Gasteiger partial charge in [0.15, 0.2) is 11.6 Å². The summed E-state index contributed by atoms with van der Waals surface area (Å²) in [7, 11) is -3.87. The fourth-order valence-electron chi connectivity index (χ4n) is 1.32. The van der Waals surface area contributed by atoms with Crippen LogP contribution in [0.25, 0.3) is 0 Å². The van der Waals surface area contributed by atoms with Crippen LogP contribution >= 0.6 is 11.6 Å². The van der Waals surface area contributed by atoms with Gasteiger partial charge in [-0.15, -0.1) is 0 Å². The predicted octanol–water partition coefficient (Wildman–Crippen LogP) is 2.24. The molecule has 7 heteroatoms. The number of nitrogens with one attached hydrogen (secondary N) is 1. The van der Waals surface area contributed by atoms with E-state index in [0.717, 1.165) is 0 Å². The predicted molar refractivity (Wildman–Crippen MR) is 68.2 cm³/mol. The lowest BCUT2D eigenvalue weighted by atomic mass is 10.4. The van der Waals surface area contributed by atoms with Crippen molar-refractivity contribution >= 4 is 27.4 Å². The summed E-state index contributed by atoms with van der Waals surface area (Å²) >= 11 is 5.81. The maximum atomic E-state index is 12.0. The Balaban J connectivity index is 2.40. The molecule has 0 spiro atoms. The Morgan fingerprint density at radius 1 is 1.17 bits per heavy atom. The first-order valence-corrected chi connectivity index (χ1v) is 6.78. The lowest BCUT2D eigenvalue weighted by Gasteiger charge is -2.09. The van der Waals surface area contributed by atoms with Gasteiger partial charge >= 0.3 is 0 Å². The van der Waals surface area contributed by atoms with Crippen LogP contribution in [0.15, 0.2) is 47.5 Å². The molecule has 0 aliphatic rings. The monoisotopic (exact) mass is 284 g/mol. The summed E-state index contributed by atoms with van der Waals surface area (Å²) in [4.78, 5) is 3.66. The third-order valence-electron chi connectivity index (χ3n) is 2.14. The Kier molecular flexibility index (Phi) is 3.40. The third-order valence-corrected chi connectivity index (χ3v) is 3.98. The summed E-state index contributed by atoms with van der Waals surface area (Å²) in [6, 6.07) is 8.83. The van der Waals surface area contributed by atoms with Crippen LogP contribution in [0, 0.1) is 0 Å². The van der Waals surface area contributed by atoms with Crippen LogP contribution in [0.3, 0.4) is 0 Å². The van der Waals surface area contributed by atoms with Gasteiger partial charge in [0.05, 0.1) is 5.02 Å². The molecule has 0 aliphatic heterocycles. The van der Waals surface area contributed by atoms with Gasteiger partial charge in [-0.1, -0.05) is 23.7 Å². The van der Waals surface area contributed by atoms with Crippen molar-refractivity contribution in [2.75, 3.05) is 4.72 Å². The second-order valence-electron chi connectivity index (χ2n) is 3.41. The second kappa shape index (κ2) is 4.83. The number of sulfonamides is 1. The highest BCUT2D eigenvalue weighted by Crippen LogP contribution is 2.25. The number of aromatic hydroxyl groups is 1. The van der Waals surface area contributed by atoms with Gasteiger partial charge in [0.2, 0.25) is 0 Å². The quantitative estimate of drug-likeness (QED) is 0.906. The Morgan fingerprint density at radius 2 is 1.89 bits per heavy atom. The van der Waals surface area contributed by atoms with Crippen molar-refractivity contribution in [2.45, 2.75) is 4.90 Å². The summed E-state index contributed by atoms with van der Waals surface area (Å²) < 4.78 is 26.2. The molecule has 0 unspecified atom stereocenters. The molecule has 2 rings (SSSR count). The Bertz CT molecular complexity index is 673. The summed E-state index contributed by atoms with van der Waals surface area (Å²) in [5.41, 5.74) is 0. The fourth-order valence-corrected chi connectivity index (χ4v) is 2.87. The lowest BCUT2D eigenvalue weighted by Crippen LogP contribution is -2.14. The molecule has 1 heterocycles. The zero-order chi connectivity index (χ0) is 13.2. The van der Waals surface area contributed by atoms with Crippen molar-refractivity contribution < 1.29 is 13.5 Å². The standard InChI is InChI=1S/C11H9ClN2O3S/c12-8-4-1-2-6-10(8)18(16,17)14-11-9(15)5-3-7-13-11/h1-7,15H,(H,13,14). The number of nitrogens with zero attached hydrogens (tertiary/aromatic N) is 1. The third kappa shape index (κ3) is 2.55. The largest absolute Gasteiger partial charge is 0.504 e. The van der Waals surface area contributed by atoms with Gasteiger partial charge in [0.25, 0.3) is 10.0 Å². The molecule has 0 bridgehead atoms. The highest BCUT2D eigenvalue weighted by molar-refractivity contribution is 7.92. The zero-order valence-electron chi connectivity index (χ0n) is 9.04. The zero-order valence-corrected chi connectivity index (χ0v) is 10.6. The van der Waals surface area contributed by atoms with E-state index >= 15 is 0 Å². The summed E-state index contributed by atoms with van der Waals surface area (Å²) in [6.45, 7) is 0. The Morgan fingerprint density at radius 3 is 2.56 bits per heavy atom. The number of anilines is 1. The molecule has 1 aromatic carbocycles. The van der Waals surface area contributed by atoms with Crippen LogP contribution in [-0.2, 0) is 10.0 Å². The van der Waals surface area contributed by atoms with Crippen LogP contribution in [0.4, 0.5) is 5.82 Å². The summed E-state index contributed by atoms with van der Waals surface area (Å²) in [5.74, 6) is -0.398. The van der Waals surface area contributed by atoms with E-state index in [1.165, 1.54) is 30.5 Å². The highest BCUT2D eigenvalue weighted by atomic mass is 35.5. The van der Waals surface area contributed by atoms with E-state index in [9.17, 15) is 13.5 Å². The van der Waals surface area contributed by atoms with Crippen molar-refractivity contribution in [1.29, 1.82) is 0 Å². The first-order chi connectivity index (χ1) is 8.50. The molecular formula is C11H9ClN2O3S. The topological polar surface area (TPSA) is 79.3 Å². The maximum absolute atomic E-state index is 12.0. The van der Waals surface area contributed by atoms with Crippen LogP contribution in [0.2, 0.25) is 5.02 Å². The second-order valence-corrected chi connectivity index (χ2v) is 5.47. The van der Waals surface area contributed by atoms with E-state index < -0.39 is 10.0 Å². The molecule has 2 aromatic rings. The van der Waals surface area contributed by atoms with Crippen molar-refractivity contribution in [3.05, 3.63) is 47.6 Å². The maximum Gasteiger partial charge on any atom is 0.264 e. The van der Waals surface area contributed by atoms with Gasteiger partial charge < -0.3 is 5.11 Å². The number of rotatable bonds is 3. The summed E-state index contributed by atoms with van der Waals surface area (Å²) in [6.07, 6.45) is 1.37. The van der Waals surface area contributed by atoms with E-state index in [1.807, 2.05) is 0 Å². The average molecular weight is 285 g/mol. The molecule has 0 saturated carbocycles.